The molecule has 0 N–H and O–H groups in total. The summed E-state index contributed by atoms with van der Waals surface area (Å²) in [6, 6.07) is 0. The second-order valence-corrected chi connectivity index (χ2v) is 7.44. The molecule has 1 atom stereocenters. The van der Waals surface area contributed by atoms with Crippen molar-refractivity contribution in [1.82, 2.24) is 9.78 Å². The van der Waals surface area contributed by atoms with Gasteiger partial charge in [0.25, 0.3) is 0 Å². The normalized spacial score (nSPS) is 25.1. The molecular weight excluding hydrogens is 284 g/mol. The predicted molar refractivity (Wildman–Crippen MR) is 84.9 cm³/mol. The number of carbonyl (C=O) groups is 1. The Balaban J connectivity index is 1.77. The lowest BCUT2D eigenvalue weighted by molar-refractivity contribution is -0.0959. The first-order valence-corrected chi connectivity index (χ1v) is 9.07. The first-order valence-electron chi connectivity index (χ1n) is 7.92. The molecule has 0 bridgehead atoms. The van der Waals surface area contributed by atoms with E-state index in [0.29, 0.717) is 0 Å². The van der Waals surface area contributed by atoms with Crippen LogP contribution in [0.3, 0.4) is 0 Å². The van der Waals surface area contributed by atoms with E-state index in [-0.39, 0.29) is 17.3 Å². The van der Waals surface area contributed by atoms with E-state index < -0.39 is 0 Å². The average molecular weight is 308 g/mol. The van der Waals surface area contributed by atoms with Gasteiger partial charge in [-0.25, -0.2) is 0 Å². The maximum Gasteiger partial charge on any atom is 0.169 e. The number of thioether (sulfide) groups is 1. The van der Waals surface area contributed by atoms with Crippen molar-refractivity contribution in [3.05, 3.63) is 17.5 Å². The number of ether oxygens (including phenoxy) is 1. The molecule has 2 saturated heterocycles. The molecule has 2 aliphatic rings. The van der Waals surface area contributed by atoms with Crippen LogP contribution in [0.2, 0.25) is 0 Å². The fourth-order valence-electron chi connectivity index (χ4n) is 3.56. The number of rotatable bonds is 3. The quantitative estimate of drug-likeness (QED) is 0.805. The van der Waals surface area contributed by atoms with Gasteiger partial charge in [0, 0.05) is 25.8 Å². The van der Waals surface area contributed by atoms with Crippen molar-refractivity contribution < 1.29 is 9.53 Å². The molecule has 1 aromatic heterocycles. The molecule has 3 heterocycles. The first-order chi connectivity index (χ1) is 10.1. The van der Waals surface area contributed by atoms with Crippen molar-refractivity contribution >= 4 is 17.5 Å². The summed E-state index contributed by atoms with van der Waals surface area (Å²) in [5.41, 5.74) is 1.73. The molecule has 2 fully saturated rings. The van der Waals surface area contributed by atoms with Crippen molar-refractivity contribution in [2.75, 3.05) is 18.1 Å². The Hall–Kier alpha value is -0.810. The van der Waals surface area contributed by atoms with Gasteiger partial charge in [0.1, 0.15) is 0 Å². The third-order valence-electron chi connectivity index (χ3n) is 4.77. The molecule has 0 aliphatic carbocycles. The zero-order valence-electron chi connectivity index (χ0n) is 12.9. The van der Waals surface area contributed by atoms with Crippen molar-refractivity contribution in [1.29, 1.82) is 0 Å². The van der Waals surface area contributed by atoms with Crippen LogP contribution >= 0.6 is 11.8 Å². The van der Waals surface area contributed by atoms with Gasteiger partial charge in [-0.3, -0.25) is 9.48 Å². The fourth-order valence-corrected chi connectivity index (χ4v) is 4.80. The SMILES string of the molecule is CCc1nn(C)cc1C(=O)C1CCOC2(CCSCC2)C1. The number of aryl methyl sites for hydroxylation is 2. The molecule has 116 valence electrons. The van der Waals surface area contributed by atoms with Crippen molar-refractivity contribution in [3.8, 4) is 0 Å². The highest BCUT2D eigenvalue weighted by atomic mass is 32.2. The topological polar surface area (TPSA) is 44.1 Å². The second kappa shape index (κ2) is 6.13. The molecule has 1 unspecified atom stereocenters. The van der Waals surface area contributed by atoms with Crippen molar-refractivity contribution in [2.45, 2.75) is 44.6 Å². The van der Waals surface area contributed by atoms with Crippen molar-refractivity contribution in [2.24, 2.45) is 13.0 Å². The lowest BCUT2D eigenvalue weighted by Crippen LogP contribution is -2.44. The Labute approximate surface area is 130 Å². The van der Waals surface area contributed by atoms with Gasteiger partial charge in [0.15, 0.2) is 5.78 Å². The summed E-state index contributed by atoms with van der Waals surface area (Å²) in [4.78, 5) is 12.9. The zero-order chi connectivity index (χ0) is 14.9. The Morgan fingerprint density at radius 2 is 2.29 bits per heavy atom. The van der Waals surface area contributed by atoms with Crippen LogP contribution in [0.25, 0.3) is 0 Å². The molecule has 21 heavy (non-hydrogen) atoms. The monoisotopic (exact) mass is 308 g/mol. The summed E-state index contributed by atoms with van der Waals surface area (Å²) in [6.45, 7) is 2.78. The molecule has 5 heteroatoms. The average Bonchev–Trinajstić information content (AvgIpc) is 2.88. The van der Waals surface area contributed by atoms with E-state index in [1.165, 1.54) is 0 Å². The largest absolute Gasteiger partial charge is 0.375 e. The minimum absolute atomic E-state index is 0.0294. The van der Waals surface area contributed by atoms with Gasteiger partial charge < -0.3 is 4.74 Å². The smallest absolute Gasteiger partial charge is 0.169 e. The van der Waals surface area contributed by atoms with Crippen LogP contribution < -0.4 is 0 Å². The molecule has 1 spiro atoms. The van der Waals surface area contributed by atoms with Crippen LogP contribution in [0.15, 0.2) is 6.20 Å². The Bertz CT molecular complexity index is 515. The number of Topliss-reactive ketones (excluding diaryl/α,β-unsaturated/α-hetero) is 1. The molecule has 1 aromatic rings. The van der Waals surface area contributed by atoms with Gasteiger partial charge >= 0.3 is 0 Å². The van der Waals surface area contributed by atoms with E-state index in [1.54, 1.807) is 4.68 Å². The fraction of sp³-hybridized carbons (Fsp3) is 0.750. The summed E-state index contributed by atoms with van der Waals surface area (Å²) in [5.74, 6) is 2.71. The highest BCUT2D eigenvalue weighted by molar-refractivity contribution is 7.99. The molecule has 0 radical (unpaired) electrons. The highest BCUT2D eigenvalue weighted by Gasteiger charge is 2.41. The lowest BCUT2D eigenvalue weighted by Gasteiger charge is -2.42. The van der Waals surface area contributed by atoms with Gasteiger partial charge in [-0.05, 0) is 43.6 Å². The van der Waals surface area contributed by atoms with E-state index in [1.807, 2.05) is 25.0 Å². The summed E-state index contributed by atoms with van der Waals surface area (Å²) < 4.78 is 7.86. The molecular formula is C16H24N2O2S. The molecule has 0 amide bonds. The number of ketones is 1. The molecule has 3 rings (SSSR count). The molecule has 0 saturated carbocycles. The van der Waals surface area contributed by atoms with E-state index in [0.717, 1.165) is 61.5 Å². The number of hydrogen-bond donors (Lipinski definition) is 0. The Kier molecular flexibility index (Phi) is 4.41. The van der Waals surface area contributed by atoms with E-state index >= 15 is 0 Å². The summed E-state index contributed by atoms with van der Waals surface area (Å²) in [5, 5.41) is 4.41. The maximum atomic E-state index is 12.9. The maximum absolute atomic E-state index is 12.9. The third-order valence-corrected chi connectivity index (χ3v) is 5.76. The highest BCUT2D eigenvalue weighted by Crippen LogP contribution is 2.40. The number of aromatic nitrogens is 2. The Morgan fingerprint density at radius 3 is 3.00 bits per heavy atom. The predicted octanol–water partition coefficient (Wildman–Crippen LogP) is 2.86. The van der Waals surface area contributed by atoms with Crippen LogP contribution in [-0.4, -0.2) is 39.3 Å². The first kappa shape index (κ1) is 15.1. The summed E-state index contributed by atoms with van der Waals surface area (Å²) in [7, 11) is 1.89. The lowest BCUT2D eigenvalue weighted by atomic mass is 9.78. The van der Waals surface area contributed by atoms with Gasteiger partial charge in [-0.2, -0.15) is 16.9 Å². The van der Waals surface area contributed by atoms with Crippen molar-refractivity contribution in [3.63, 3.8) is 0 Å². The Morgan fingerprint density at radius 1 is 1.52 bits per heavy atom. The van der Waals surface area contributed by atoms with Crippen LogP contribution in [0, 0.1) is 5.92 Å². The van der Waals surface area contributed by atoms with Crippen LogP contribution in [0.4, 0.5) is 0 Å². The second-order valence-electron chi connectivity index (χ2n) is 6.21. The van der Waals surface area contributed by atoms with Crippen LogP contribution in [0.1, 0.15) is 48.7 Å². The van der Waals surface area contributed by atoms with E-state index in [9.17, 15) is 4.79 Å². The van der Waals surface area contributed by atoms with Crippen LogP contribution in [0.5, 0.6) is 0 Å². The van der Waals surface area contributed by atoms with E-state index in [4.69, 9.17) is 4.74 Å². The molecule has 4 nitrogen and oxygen atoms in total. The summed E-state index contributed by atoms with van der Waals surface area (Å²) in [6.07, 6.45) is 6.63. The zero-order valence-corrected chi connectivity index (χ0v) is 13.7. The van der Waals surface area contributed by atoms with Gasteiger partial charge in [-0.1, -0.05) is 6.92 Å². The van der Waals surface area contributed by atoms with E-state index in [2.05, 4.69) is 12.0 Å². The van der Waals surface area contributed by atoms with Gasteiger partial charge in [0.05, 0.1) is 16.9 Å². The van der Waals surface area contributed by atoms with Gasteiger partial charge in [-0.15, -0.1) is 0 Å². The molecule has 0 aromatic carbocycles. The third kappa shape index (κ3) is 3.04. The minimum atomic E-state index is -0.0294. The van der Waals surface area contributed by atoms with Crippen LogP contribution in [-0.2, 0) is 18.2 Å². The molecule has 2 aliphatic heterocycles. The summed E-state index contributed by atoms with van der Waals surface area (Å²) >= 11 is 2.00. The number of hydrogen-bond acceptors (Lipinski definition) is 4. The van der Waals surface area contributed by atoms with Gasteiger partial charge in [0.2, 0.25) is 0 Å². The number of nitrogens with zero attached hydrogens (tertiary/aromatic N) is 2. The minimum Gasteiger partial charge on any atom is -0.375 e. The number of carbonyl (C=O) groups excluding carboxylic acids is 1. The standard InChI is InChI=1S/C16H24N2O2S/c1-3-14-13(11-18(2)17-14)15(19)12-4-7-20-16(10-12)5-8-21-9-6-16/h11-12H,3-10H2,1-2H3.